The summed E-state index contributed by atoms with van der Waals surface area (Å²) in [6.07, 6.45) is 3.05. The van der Waals surface area contributed by atoms with E-state index in [4.69, 9.17) is 0 Å². The fraction of sp³-hybridized carbons (Fsp3) is 0.467. The van der Waals surface area contributed by atoms with Gasteiger partial charge in [-0.1, -0.05) is 0 Å². The van der Waals surface area contributed by atoms with Gasteiger partial charge in [-0.15, -0.1) is 0 Å². The number of benzene rings is 1. The van der Waals surface area contributed by atoms with Crippen LogP contribution in [0.4, 0.5) is 15.8 Å². The molecule has 2 fully saturated rings. The molecule has 2 N–H and O–H groups in total. The first kappa shape index (κ1) is 13.9. The Morgan fingerprint density at radius 3 is 2.71 bits per heavy atom. The van der Waals surface area contributed by atoms with Gasteiger partial charge in [0.1, 0.15) is 11.9 Å². The molecule has 2 saturated heterocycles. The minimum Gasteiger partial charge on any atom is -0.371 e. The van der Waals surface area contributed by atoms with Crippen molar-refractivity contribution in [2.45, 2.75) is 31.7 Å². The summed E-state index contributed by atoms with van der Waals surface area (Å²) in [5.41, 5.74) is 1.22. The Morgan fingerprint density at radius 2 is 2.05 bits per heavy atom. The molecule has 112 valence electrons. The summed E-state index contributed by atoms with van der Waals surface area (Å²) in [5.74, 6) is -0.781. The number of hydrogen-bond donors (Lipinski definition) is 2. The minimum absolute atomic E-state index is 0.118. The van der Waals surface area contributed by atoms with Crippen LogP contribution in [-0.4, -0.2) is 30.9 Å². The Bertz CT molecular complexity index is 570. The molecule has 0 spiro atoms. The molecule has 3 rings (SSSR count). The Balaban J connectivity index is 1.72. The van der Waals surface area contributed by atoms with Crippen LogP contribution in [0.15, 0.2) is 18.2 Å². The summed E-state index contributed by atoms with van der Waals surface area (Å²) >= 11 is 0. The van der Waals surface area contributed by atoms with E-state index in [0.717, 1.165) is 31.6 Å². The lowest BCUT2D eigenvalue weighted by Crippen LogP contribution is -2.37. The maximum Gasteiger partial charge on any atom is 0.246 e. The van der Waals surface area contributed by atoms with Crippen LogP contribution in [0, 0.1) is 5.82 Å². The summed E-state index contributed by atoms with van der Waals surface area (Å²) in [6, 6.07) is 4.05. The zero-order valence-corrected chi connectivity index (χ0v) is 11.7. The molecule has 1 unspecified atom stereocenters. The van der Waals surface area contributed by atoms with Crippen LogP contribution in [0.25, 0.3) is 0 Å². The van der Waals surface area contributed by atoms with E-state index in [2.05, 4.69) is 15.5 Å². The molecule has 2 amide bonds. The SMILES string of the molecule is O=C1CCC(C(=O)Nc2cc(F)cc(N3CCCC3)c2)N1. The number of halogens is 1. The molecule has 0 aliphatic carbocycles. The van der Waals surface area contributed by atoms with Gasteiger partial charge in [0.2, 0.25) is 11.8 Å². The second-order valence-corrected chi connectivity index (χ2v) is 5.54. The number of hydrogen-bond acceptors (Lipinski definition) is 3. The molecule has 0 aromatic heterocycles. The van der Waals surface area contributed by atoms with Crippen LogP contribution in [0.3, 0.4) is 0 Å². The molecule has 1 aromatic rings. The maximum absolute atomic E-state index is 13.7. The zero-order chi connectivity index (χ0) is 14.8. The molecular weight excluding hydrogens is 273 g/mol. The molecule has 2 aliphatic heterocycles. The molecule has 2 aliphatic rings. The van der Waals surface area contributed by atoms with Gasteiger partial charge < -0.3 is 15.5 Å². The predicted octanol–water partition coefficient (Wildman–Crippen LogP) is 1.64. The van der Waals surface area contributed by atoms with E-state index in [1.807, 2.05) is 0 Å². The van der Waals surface area contributed by atoms with Gasteiger partial charge in [-0.2, -0.15) is 0 Å². The molecule has 0 radical (unpaired) electrons. The van der Waals surface area contributed by atoms with Crippen LogP contribution in [0.5, 0.6) is 0 Å². The predicted molar refractivity (Wildman–Crippen MR) is 77.6 cm³/mol. The van der Waals surface area contributed by atoms with E-state index < -0.39 is 6.04 Å². The van der Waals surface area contributed by atoms with Gasteiger partial charge in [-0.25, -0.2) is 4.39 Å². The van der Waals surface area contributed by atoms with E-state index in [1.54, 1.807) is 6.07 Å². The lowest BCUT2D eigenvalue weighted by Gasteiger charge is -2.19. The molecular formula is C15H18FN3O2. The van der Waals surface area contributed by atoms with Crippen molar-refractivity contribution in [2.24, 2.45) is 0 Å². The van der Waals surface area contributed by atoms with Crippen LogP contribution in [0.1, 0.15) is 25.7 Å². The number of carbonyl (C=O) groups is 2. The monoisotopic (exact) mass is 291 g/mol. The highest BCUT2D eigenvalue weighted by molar-refractivity contribution is 5.99. The molecule has 5 nitrogen and oxygen atoms in total. The van der Waals surface area contributed by atoms with Crippen molar-refractivity contribution < 1.29 is 14.0 Å². The summed E-state index contributed by atoms with van der Waals surface area (Å²) < 4.78 is 13.7. The minimum atomic E-state index is -0.518. The van der Waals surface area contributed by atoms with Gasteiger partial charge in [0.15, 0.2) is 0 Å². The molecule has 1 aromatic carbocycles. The number of rotatable bonds is 3. The third-order valence-electron chi connectivity index (χ3n) is 3.93. The van der Waals surface area contributed by atoms with Crippen molar-refractivity contribution in [3.63, 3.8) is 0 Å². The fourth-order valence-corrected chi connectivity index (χ4v) is 2.84. The van der Waals surface area contributed by atoms with E-state index in [-0.39, 0.29) is 17.6 Å². The van der Waals surface area contributed by atoms with E-state index in [0.29, 0.717) is 18.5 Å². The molecule has 0 saturated carbocycles. The Kier molecular flexibility index (Phi) is 3.77. The Hall–Kier alpha value is -2.11. The van der Waals surface area contributed by atoms with Gasteiger partial charge in [-0.05, 0) is 37.5 Å². The first-order valence-electron chi connectivity index (χ1n) is 7.27. The van der Waals surface area contributed by atoms with E-state index in [1.165, 1.54) is 12.1 Å². The maximum atomic E-state index is 13.7. The topological polar surface area (TPSA) is 61.4 Å². The van der Waals surface area contributed by atoms with Crippen LogP contribution in [0.2, 0.25) is 0 Å². The number of carbonyl (C=O) groups excluding carboxylic acids is 2. The van der Waals surface area contributed by atoms with Crippen molar-refractivity contribution in [1.29, 1.82) is 0 Å². The van der Waals surface area contributed by atoms with Gasteiger partial charge in [0, 0.05) is 30.9 Å². The first-order chi connectivity index (χ1) is 10.1. The third kappa shape index (κ3) is 3.15. The van der Waals surface area contributed by atoms with Crippen LogP contribution in [-0.2, 0) is 9.59 Å². The second kappa shape index (κ2) is 5.71. The highest BCUT2D eigenvalue weighted by Gasteiger charge is 2.27. The standard InChI is InChI=1S/C15H18FN3O2/c16-10-7-11(9-12(8-10)19-5-1-2-6-19)17-15(21)13-3-4-14(20)18-13/h7-9,13H,1-6H2,(H,17,21)(H,18,20). The lowest BCUT2D eigenvalue weighted by molar-refractivity contribution is -0.122. The summed E-state index contributed by atoms with van der Waals surface area (Å²) in [6.45, 7) is 1.82. The van der Waals surface area contributed by atoms with Crippen molar-refractivity contribution in [3.8, 4) is 0 Å². The average Bonchev–Trinajstić information content (AvgIpc) is 3.08. The molecule has 2 heterocycles. The number of anilines is 2. The van der Waals surface area contributed by atoms with Gasteiger partial charge in [0.05, 0.1) is 0 Å². The van der Waals surface area contributed by atoms with Crippen molar-refractivity contribution in [2.75, 3.05) is 23.3 Å². The fourth-order valence-electron chi connectivity index (χ4n) is 2.84. The summed E-state index contributed by atoms with van der Waals surface area (Å²) in [4.78, 5) is 25.3. The lowest BCUT2D eigenvalue weighted by atomic mass is 10.2. The van der Waals surface area contributed by atoms with Gasteiger partial charge >= 0.3 is 0 Å². The van der Waals surface area contributed by atoms with E-state index >= 15 is 0 Å². The van der Waals surface area contributed by atoms with Crippen molar-refractivity contribution >= 4 is 23.2 Å². The number of nitrogens with one attached hydrogen (secondary N) is 2. The number of nitrogens with zero attached hydrogens (tertiary/aromatic N) is 1. The van der Waals surface area contributed by atoms with Gasteiger partial charge in [-0.3, -0.25) is 9.59 Å². The highest BCUT2D eigenvalue weighted by atomic mass is 19.1. The van der Waals surface area contributed by atoms with Gasteiger partial charge in [0.25, 0.3) is 0 Å². The van der Waals surface area contributed by atoms with Crippen LogP contribution < -0.4 is 15.5 Å². The quantitative estimate of drug-likeness (QED) is 0.890. The highest BCUT2D eigenvalue weighted by Crippen LogP contribution is 2.25. The largest absolute Gasteiger partial charge is 0.371 e. The van der Waals surface area contributed by atoms with Crippen LogP contribution >= 0.6 is 0 Å². The third-order valence-corrected chi connectivity index (χ3v) is 3.93. The van der Waals surface area contributed by atoms with Crippen molar-refractivity contribution in [3.05, 3.63) is 24.0 Å². The van der Waals surface area contributed by atoms with Crippen molar-refractivity contribution in [1.82, 2.24) is 5.32 Å². The summed E-state index contributed by atoms with van der Waals surface area (Å²) in [7, 11) is 0. The molecule has 6 heteroatoms. The normalized spacial score (nSPS) is 21.5. The van der Waals surface area contributed by atoms with E-state index in [9.17, 15) is 14.0 Å². The summed E-state index contributed by atoms with van der Waals surface area (Å²) in [5, 5.41) is 5.29. The Labute approximate surface area is 122 Å². The Morgan fingerprint density at radius 1 is 1.29 bits per heavy atom. The average molecular weight is 291 g/mol. The zero-order valence-electron chi connectivity index (χ0n) is 11.7. The smallest absolute Gasteiger partial charge is 0.246 e. The first-order valence-corrected chi connectivity index (χ1v) is 7.27. The number of amides is 2. The second-order valence-electron chi connectivity index (χ2n) is 5.54. The molecule has 21 heavy (non-hydrogen) atoms. The molecule has 1 atom stereocenters. The molecule has 0 bridgehead atoms.